The average molecular weight is 445 g/mol. The van der Waals surface area contributed by atoms with Crippen molar-refractivity contribution >= 4 is 33.2 Å². The van der Waals surface area contributed by atoms with E-state index in [-0.39, 0.29) is 46.5 Å². The van der Waals surface area contributed by atoms with Crippen molar-refractivity contribution in [3.63, 3.8) is 0 Å². The minimum atomic E-state index is -3.98. The normalized spacial score (nSPS) is 20.4. The standard InChI is InChI=1S/C19H19ClF2N2O4S/c1-11-9-24(10-12(2)28-11)29(26,27)18-7-13(3-5-15(18)20)19(25)23-17-6-4-14(21)8-16(17)22/h3-8,11-12H,9-10H2,1-2H3,(H,23,25). The van der Waals surface area contributed by atoms with Crippen LogP contribution in [0.1, 0.15) is 24.2 Å². The Morgan fingerprint density at radius 2 is 1.79 bits per heavy atom. The number of amides is 1. The van der Waals surface area contributed by atoms with E-state index in [1.165, 1.54) is 16.4 Å². The summed E-state index contributed by atoms with van der Waals surface area (Å²) in [4.78, 5) is 12.3. The molecule has 1 aliphatic heterocycles. The monoisotopic (exact) mass is 444 g/mol. The van der Waals surface area contributed by atoms with Gasteiger partial charge in [0.05, 0.1) is 22.9 Å². The van der Waals surface area contributed by atoms with E-state index >= 15 is 0 Å². The van der Waals surface area contributed by atoms with E-state index in [0.29, 0.717) is 6.07 Å². The lowest BCUT2D eigenvalue weighted by atomic mass is 10.2. The molecule has 1 amide bonds. The molecule has 1 fully saturated rings. The molecule has 2 unspecified atom stereocenters. The van der Waals surface area contributed by atoms with Crippen LogP contribution in [0.4, 0.5) is 14.5 Å². The quantitative estimate of drug-likeness (QED) is 0.780. The van der Waals surface area contributed by atoms with Gasteiger partial charge in [-0.15, -0.1) is 0 Å². The first-order chi connectivity index (χ1) is 13.6. The van der Waals surface area contributed by atoms with Gasteiger partial charge in [0.15, 0.2) is 0 Å². The second-order valence-electron chi connectivity index (χ2n) is 6.80. The molecule has 0 radical (unpaired) electrons. The van der Waals surface area contributed by atoms with Crippen molar-refractivity contribution in [2.24, 2.45) is 0 Å². The highest BCUT2D eigenvalue weighted by Gasteiger charge is 2.33. The largest absolute Gasteiger partial charge is 0.373 e. The molecule has 1 aliphatic rings. The van der Waals surface area contributed by atoms with E-state index < -0.39 is 27.6 Å². The van der Waals surface area contributed by atoms with Crippen molar-refractivity contribution in [3.05, 3.63) is 58.6 Å². The van der Waals surface area contributed by atoms with Gasteiger partial charge >= 0.3 is 0 Å². The molecule has 2 atom stereocenters. The summed E-state index contributed by atoms with van der Waals surface area (Å²) in [6.07, 6.45) is -0.583. The van der Waals surface area contributed by atoms with Gasteiger partial charge in [0.2, 0.25) is 10.0 Å². The predicted octanol–water partition coefficient (Wildman–Crippen LogP) is 3.67. The highest BCUT2D eigenvalue weighted by Crippen LogP contribution is 2.28. The first-order valence-electron chi connectivity index (χ1n) is 8.79. The van der Waals surface area contributed by atoms with Crippen molar-refractivity contribution in [2.45, 2.75) is 31.0 Å². The van der Waals surface area contributed by atoms with Gasteiger partial charge in [0.1, 0.15) is 16.5 Å². The van der Waals surface area contributed by atoms with Crippen LogP contribution in [-0.2, 0) is 14.8 Å². The van der Waals surface area contributed by atoms with Gasteiger partial charge in [-0.25, -0.2) is 17.2 Å². The van der Waals surface area contributed by atoms with Gasteiger partial charge < -0.3 is 10.1 Å². The Bertz CT molecular complexity index is 1040. The number of hydrogen-bond donors (Lipinski definition) is 1. The van der Waals surface area contributed by atoms with Crippen LogP contribution in [0.15, 0.2) is 41.3 Å². The number of nitrogens with one attached hydrogen (secondary N) is 1. The van der Waals surface area contributed by atoms with Crippen molar-refractivity contribution in [1.29, 1.82) is 0 Å². The molecule has 1 saturated heterocycles. The summed E-state index contributed by atoms with van der Waals surface area (Å²) in [5, 5.41) is 2.25. The zero-order valence-electron chi connectivity index (χ0n) is 15.7. The molecule has 0 bridgehead atoms. The van der Waals surface area contributed by atoms with Crippen LogP contribution < -0.4 is 5.32 Å². The van der Waals surface area contributed by atoms with Crippen molar-refractivity contribution in [1.82, 2.24) is 4.31 Å². The smallest absolute Gasteiger partial charge is 0.255 e. The minimum Gasteiger partial charge on any atom is -0.373 e. The topological polar surface area (TPSA) is 75.7 Å². The zero-order chi connectivity index (χ0) is 21.3. The molecular formula is C19H19ClF2N2O4S. The summed E-state index contributed by atoms with van der Waals surface area (Å²) in [5.41, 5.74) is -0.266. The lowest BCUT2D eigenvalue weighted by molar-refractivity contribution is -0.0440. The number of hydrogen-bond acceptors (Lipinski definition) is 4. The minimum absolute atomic E-state index is 0.0361. The Morgan fingerprint density at radius 3 is 2.41 bits per heavy atom. The fourth-order valence-electron chi connectivity index (χ4n) is 3.09. The summed E-state index contributed by atoms with van der Waals surface area (Å²) in [5.74, 6) is -2.49. The highest BCUT2D eigenvalue weighted by atomic mass is 35.5. The predicted molar refractivity (Wildman–Crippen MR) is 105 cm³/mol. The number of carbonyl (C=O) groups is 1. The molecule has 2 aromatic rings. The van der Waals surface area contributed by atoms with Crippen LogP contribution in [-0.4, -0.2) is 43.9 Å². The maximum Gasteiger partial charge on any atom is 0.255 e. The van der Waals surface area contributed by atoms with Crippen LogP contribution in [0.2, 0.25) is 5.02 Å². The number of carbonyl (C=O) groups excluding carboxylic acids is 1. The molecule has 1 heterocycles. The lowest BCUT2D eigenvalue weighted by Gasteiger charge is -2.34. The lowest BCUT2D eigenvalue weighted by Crippen LogP contribution is -2.48. The van der Waals surface area contributed by atoms with Crippen LogP contribution in [0, 0.1) is 11.6 Å². The molecule has 10 heteroatoms. The number of halogens is 3. The Balaban J connectivity index is 1.90. The summed E-state index contributed by atoms with van der Waals surface area (Å²) >= 11 is 6.11. The first-order valence-corrected chi connectivity index (χ1v) is 10.6. The van der Waals surface area contributed by atoms with Crippen molar-refractivity contribution < 1.29 is 26.7 Å². The maximum absolute atomic E-state index is 13.8. The van der Waals surface area contributed by atoms with Gasteiger partial charge in [0, 0.05) is 24.7 Å². The molecule has 0 aliphatic carbocycles. The maximum atomic E-state index is 13.8. The summed E-state index contributed by atoms with van der Waals surface area (Å²) < 4.78 is 59.8. The van der Waals surface area contributed by atoms with E-state index in [4.69, 9.17) is 16.3 Å². The number of sulfonamides is 1. The number of rotatable bonds is 4. The van der Waals surface area contributed by atoms with Gasteiger partial charge in [-0.2, -0.15) is 4.31 Å². The Labute approximate surface area is 172 Å². The molecule has 1 N–H and O–H groups in total. The summed E-state index contributed by atoms with van der Waals surface area (Å²) in [7, 11) is -3.98. The third-order valence-corrected chi connectivity index (χ3v) is 6.69. The Kier molecular flexibility index (Phi) is 6.23. The molecule has 156 valence electrons. The first kappa shape index (κ1) is 21.6. The van der Waals surface area contributed by atoms with E-state index in [1.807, 2.05) is 0 Å². The molecule has 2 aromatic carbocycles. The second kappa shape index (κ2) is 8.35. The van der Waals surface area contributed by atoms with Gasteiger partial charge in [-0.3, -0.25) is 4.79 Å². The summed E-state index contributed by atoms with van der Waals surface area (Å²) in [6.45, 7) is 3.84. The van der Waals surface area contributed by atoms with E-state index in [2.05, 4.69) is 5.32 Å². The van der Waals surface area contributed by atoms with E-state index in [9.17, 15) is 22.0 Å². The van der Waals surface area contributed by atoms with Crippen LogP contribution in [0.25, 0.3) is 0 Å². The van der Waals surface area contributed by atoms with Crippen molar-refractivity contribution in [2.75, 3.05) is 18.4 Å². The molecule has 0 spiro atoms. The Morgan fingerprint density at radius 1 is 1.14 bits per heavy atom. The number of ether oxygens (including phenoxy) is 1. The number of morpholine rings is 1. The fraction of sp³-hybridized carbons (Fsp3) is 0.316. The SMILES string of the molecule is CC1CN(S(=O)(=O)c2cc(C(=O)Nc3ccc(F)cc3F)ccc2Cl)CC(C)O1. The van der Waals surface area contributed by atoms with Crippen LogP contribution in [0.3, 0.4) is 0 Å². The van der Waals surface area contributed by atoms with Crippen LogP contribution in [0.5, 0.6) is 0 Å². The van der Waals surface area contributed by atoms with Gasteiger partial charge in [-0.1, -0.05) is 11.6 Å². The molecule has 0 aromatic heterocycles. The molecule has 6 nitrogen and oxygen atoms in total. The number of benzene rings is 2. The third-order valence-electron chi connectivity index (χ3n) is 4.38. The van der Waals surface area contributed by atoms with Gasteiger partial charge in [0.25, 0.3) is 5.91 Å². The second-order valence-corrected chi connectivity index (χ2v) is 9.12. The highest BCUT2D eigenvalue weighted by molar-refractivity contribution is 7.89. The Hall–Kier alpha value is -2.07. The molecule has 29 heavy (non-hydrogen) atoms. The average Bonchev–Trinajstić information content (AvgIpc) is 2.63. The number of nitrogens with zero attached hydrogens (tertiary/aromatic N) is 1. The van der Waals surface area contributed by atoms with Crippen molar-refractivity contribution in [3.8, 4) is 0 Å². The molecule has 3 rings (SSSR count). The fourth-order valence-corrected chi connectivity index (χ4v) is 5.18. The van der Waals surface area contributed by atoms with Crippen LogP contribution >= 0.6 is 11.6 Å². The third kappa shape index (κ3) is 4.75. The molecular weight excluding hydrogens is 426 g/mol. The zero-order valence-corrected chi connectivity index (χ0v) is 17.2. The molecule has 0 saturated carbocycles. The van der Waals surface area contributed by atoms with E-state index in [1.54, 1.807) is 13.8 Å². The van der Waals surface area contributed by atoms with Gasteiger partial charge in [-0.05, 0) is 44.2 Å². The van der Waals surface area contributed by atoms with E-state index in [0.717, 1.165) is 18.2 Å². The summed E-state index contributed by atoms with van der Waals surface area (Å²) in [6, 6.07) is 6.46. The number of anilines is 1.